The second kappa shape index (κ2) is 5.77. The number of hydrogen-bond donors (Lipinski definition) is 2. The van der Waals surface area contributed by atoms with Crippen LogP contribution in [0.4, 0.5) is 5.69 Å². The molecule has 2 N–H and O–H groups in total. The van der Waals surface area contributed by atoms with Gasteiger partial charge < -0.3 is 10.6 Å². The Hall–Kier alpha value is -2.69. The third kappa shape index (κ3) is 3.16. The summed E-state index contributed by atoms with van der Waals surface area (Å²) in [6.45, 7) is 0. The van der Waals surface area contributed by atoms with E-state index in [0.717, 1.165) is 0 Å². The Kier molecular flexibility index (Phi) is 3.87. The van der Waals surface area contributed by atoms with E-state index in [1.807, 2.05) is 0 Å². The fourth-order valence-electron chi connectivity index (χ4n) is 1.55. The van der Waals surface area contributed by atoms with E-state index in [4.69, 9.17) is 0 Å². The summed E-state index contributed by atoms with van der Waals surface area (Å²) in [6.07, 6.45) is 3.10. The first-order valence-corrected chi connectivity index (χ1v) is 5.74. The van der Waals surface area contributed by atoms with Gasteiger partial charge in [-0.15, -0.1) is 0 Å². The second-order valence-electron chi connectivity index (χ2n) is 3.85. The second-order valence-corrected chi connectivity index (χ2v) is 3.85. The van der Waals surface area contributed by atoms with Gasteiger partial charge in [0.1, 0.15) is 0 Å². The van der Waals surface area contributed by atoms with E-state index in [0.29, 0.717) is 16.8 Å². The Morgan fingerprint density at radius 1 is 1.00 bits per heavy atom. The van der Waals surface area contributed by atoms with Crippen molar-refractivity contribution in [2.24, 2.45) is 0 Å². The number of hydrogen-bond acceptors (Lipinski definition) is 3. The van der Waals surface area contributed by atoms with Crippen LogP contribution in [0.15, 0.2) is 48.8 Å². The number of nitrogens with one attached hydrogen (secondary N) is 2. The summed E-state index contributed by atoms with van der Waals surface area (Å²) in [4.78, 5) is 27.1. The van der Waals surface area contributed by atoms with Gasteiger partial charge in [0.25, 0.3) is 11.8 Å². The summed E-state index contributed by atoms with van der Waals surface area (Å²) < 4.78 is 0. The van der Waals surface area contributed by atoms with Crippen LogP contribution in [0.25, 0.3) is 0 Å². The van der Waals surface area contributed by atoms with Gasteiger partial charge in [-0.3, -0.25) is 14.6 Å². The monoisotopic (exact) mass is 255 g/mol. The number of rotatable bonds is 3. The first-order valence-electron chi connectivity index (χ1n) is 5.74. The summed E-state index contributed by atoms with van der Waals surface area (Å²) >= 11 is 0. The fourth-order valence-corrected chi connectivity index (χ4v) is 1.55. The minimum Gasteiger partial charge on any atom is -0.355 e. The van der Waals surface area contributed by atoms with Crippen molar-refractivity contribution in [3.63, 3.8) is 0 Å². The average molecular weight is 255 g/mol. The summed E-state index contributed by atoms with van der Waals surface area (Å²) in [5.74, 6) is -0.397. The number of carbonyl (C=O) groups excluding carboxylic acids is 2. The number of nitrogens with zero attached hydrogens (tertiary/aromatic N) is 1. The molecule has 0 saturated carbocycles. The molecule has 96 valence electrons. The highest BCUT2D eigenvalue weighted by molar-refractivity contribution is 6.04. The lowest BCUT2D eigenvalue weighted by atomic mass is 10.2. The van der Waals surface area contributed by atoms with E-state index in [-0.39, 0.29) is 11.8 Å². The Bertz CT molecular complexity index is 579. The maximum Gasteiger partial charge on any atom is 0.257 e. The van der Waals surface area contributed by atoms with Crippen LogP contribution in [0.2, 0.25) is 0 Å². The number of carbonyl (C=O) groups is 2. The highest BCUT2D eigenvalue weighted by Gasteiger charge is 2.06. The molecule has 0 aliphatic heterocycles. The van der Waals surface area contributed by atoms with Crippen molar-refractivity contribution in [3.8, 4) is 0 Å². The molecule has 0 atom stereocenters. The topological polar surface area (TPSA) is 71.1 Å². The van der Waals surface area contributed by atoms with Crippen molar-refractivity contribution in [2.45, 2.75) is 0 Å². The maximum atomic E-state index is 11.9. The molecule has 0 aliphatic rings. The maximum absolute atomic E-state index is 11.9. The van der Waals surface area contributed by atoms with E-state index in [1.165, 1.54) is 6.20 Å². The predicted octanol–water partition coefficient (Wildman–Crippen LogP) is 1.69. The van der Waals surface area contributed by atoms with E-state index in [2.05, 4.69) is 15.6 Å². The molecular formula is C14H13N3O2. The minimum atomic E-state index is -0.235. The van der Waals surface area contributed by atoms with Crippen LogP contribution in [0.3, 0.4) is 0 Å². The van der Waals surface area contributed by atoms with Gasteiger partial charge in [-0.1, -0.05) is 0 Å². The molecule has 19 heavy (non-hydrogen) atoms. The number of benzene rings is 1. The highest BCUT2D eigenvalue weighted by atomic mass is 16.2. The summed E-state index contributed by atoms with van der Waals surface area (Å²) in [5.41, 5.74) is 1.65. The lowest BCUT2D eigenvalue weighted by Gasteiger charge is -2.06. The Morgan fingerprint density at radius 3 is 2.32 bits per heavy atom. The van der Waals surface area contributed by atoms with Crippen LogP contribution in [0.1, 0.15) is 20.7 Å². The molecule has 1 heterocycles. The highest BCUT2D eigenvalue weighted by Crippen LogP contribution is 2.11. The van der Waals surface area contributed by atoms with E-state index in [1.54, 1.807) is 49.6 Å². The minimum absolute atomic E-state index is 0.162. The first-order chi connectivity index (χ1) is 9.20. The van der Waals surface area contributed by atoms with Crippen LogP contribution in [0, 0.1) is 0 Å². The average Bonchev–Trinajstić information content (AvgIpc) is 2.48. The molecule has 2 amide bonds. The van der Waals surface area contributed by atoms with Crippen molar-refractivity contribution in [1.82, 2.24) is 10.3 Å². The van der Waals surface area contributed by atoms with Crippen LogP contribution >= 0.6 is 0 Å². The van der Waals surface area contributed by atoms with Crippen molar-refractivity contribution in [1.29, 1.82) is 0 Å². The standard InChI is InChI=1S/C14H13N3O2/c1-15-13(18)10-4-6-12(7-5-10)17-14(19)11-3-2-8-16-9-11/h2-9H,1H3,(H,15,18)(H,17,19). The number of pyridine rings is 1. The summed E-state index contributed by atoms with van der Waals surface area (Å²) in [6, 6.07) is 10.0. The Labute approximate surface area is 110 Å². The molecule has 5 heteroatoms. The molecule has 1 aromatic carbocycles. The van der Waals surface area contributed by atoms with Crippen molar-refractivity contribution >= 4 is 17.5 Å². The quantitative estimate of drug-likeness (QED) is 0.876. The molecule has 2 aromatic rings. The van der Waals surface area contributed by atoms with E-state index < -0.39 is 0 Å². The Morgan fingerprint density at radius 2 is 1.74 bits per heavy atom. The molecule has 0 radical (unpaired) electrons. The van der Waals surface area contributed by atoms with Gasteiger partial charge in [-0.2, -0.15) is 0 Å². The third-order valence-corrected chi connectivity index (χ3v) is 2.56. The lowest BCUT2D eigenvalue weighted by Crippen LogP contribution is -2.17. The largest absolute Gasteiger partial charge is 0.355 e. The van der Waals surface area contributed by atoms with Gasteiger partial charge in [-0.25, -0.2) is 0 Å². The summed E-state index contributed by atoms with van der Waals surface area (Å²) in [7, 11) is 1.57. The van der Waals surface area contributed by atoms with Crippen LogP contribution in [-0.4, -0.2) is 23.8 Å². The van der Waals surface area contributed by atoms with Gasteiger partial charge in [0.15, 0.2) is 0 Å². The molecule has 0 unspecified atom stereocenters. The van der Waals surface area contributed by atoms with Crippen molar-refractivity contribution < 1.29 is 9.59 Å². The van der Waals surface area contributed by atoms with Gasteiger partial charge in [0.05, 0.1) is 5.56 Å². The van der Waals surface area contributed by atoms with Crippen molar-refractivity contribution in [2.75, 3.05) is 12.4 Å². The molecular weight excluding hydrogens is 242 g/mol. The zero-order chi connectivity index (χ0) is 13.7. The number of anilines is 1. The van der Waals surface area contributed by atoms with Gasteiger partial charge in [0, 0.05) is 30.7 Å². The predicted molar refractivity (Wildman–Crippen MR) is 72.0 cm³/mol. The smallest absolute Gasteiger partial charge is 0.257 e. The van der Waals surface area contributed by atoms with Gasteiger partial charge in [-0.05, 0) is 36.4 Å². The molecule has 0 saturated heterocycles. The zero-order valence-electron chi connectivity index (χ0n) is 10.4. The normalized spacial score (nSPS) is 9.74. The molecule has 0 spiro atoms. The first kappa shape index (κ1) is 12.8. The number of amides is 2. The van der Waals surface area contributed by atoms with Gasteiger partial charge >= 0.3 is 0 Å². The van der Waals surface area contributed by atoms with Crippen LogP contribution in [0.5, 0.6) is 0 Å². The Balaban J connectivity index is 2.08. The van der Waals surface area contributed by atoms with Crippen LogP contribution < -0.4 is 10.6 Å². The molecule has 1 aromatic heterocycles. The van der Waals surface area contributed by atoms with Crippen LogP contribution in [-0.2, 0) is 0 Å². The number of aromatic nitrogens is 1. The molecule has 5 nitrogen and oxygen atoms in total. The van der Waals surface area contributed by atoms with Crippen molar-refractivity contribution in [3.05, 3.63) is 59.9 Å². The van der Waals surface area contributed by atoms with E-state index in [9.17, 15) is 9.59 Å². The summed E-state index contributed by atoms with van der Waals surface area (Å²) in [5, 5.41) is 5.26. The molecule has 0 bridgehead atoms. The lowest BCUT2D eigenvalue weighted by molar-refractivity contribution is 0.0962. The molecule has 0 fully saturated rings. The van der Waals surface area contributed by atoms with Gasteiger partial charge in [0.2, 0.25) is 0 Å². The molecule has 0 aliphatic carbocycles. The molecule has 2 rings (SSSR count). The van der Waals surface area contributed by atoms with E-state index >= 15 is 0 Å². The zero-order valence-corrected chi connectivity index (χ0v) is 10.4. The SMILES string of the molecule is CNC(=O)c1ccc(NC(=O)c2cccnc2)cc1. The fraction of sp³-hybridized carbons (Fsp3) is 0.0714. The third-order valence-electron chi connectivity index (χ3n) is 2.56.